The van der Waals surface area contributed by atoms with Gasteiger partial charge in [-0.2, -0.15) is 0 Å². The number of hydrogen-bond acceptors (Lipinski definition) is 3. The van der Waals surface area contributed by atoms with Gasteiger partial charge in [0.25, 0.3) is 0 Å². The molecule has 0 bridgehead atoms. The summed E-state index contributed by atoms with van der Waals surface area (Å²) in [7, 11) is 0. The zero-order valence-electron chi connectivity index (χ0n) is 11.2. The van der Waals surface area contributed by atoms with Gasteiger partial charge in [-0.15, -0.1) is 0 Å². The number of nitrogens with one attached hydrogen (secondary N) is 1. The van der Waals surface area contributed by atoms with Gasteiger partial charge < -0.3 is 15.2 Å². The van der Waals surface area contributed by atoms with Crippen molar-refractivity contribution in [1.29, 1.82) is 0 Å². The van der Waals surface area contributed by atoms with Gasteiger partial charge in [0.1, 0.15) is 5.75 Å². The van der Waals surface area contributed by atoms with Gasteiger partial charge >= 0.3 is 5.97 Å². The maximum Gasteiger partial charge on any atom is 0.303 e. The van der Waals surface area contributed by atoms with Gasteiger partial charge in [-0.3, -0.25) is 9.59 Å². The summed E-state index contributed by atoms with van der Waals surface area (Å²) >= 11 is 0. The third kappa shape index (κ3) is 6.45. The minimum absolute atomic E-state index is 0.0353. The fourth-order valence-corrected chi connectivity index (χ4v) is 1.37. The first kappa shape index (κ1) is 15.0. The SMILES string of the molecule is CC(C)COc1cccc(NC(=O)CCC(=O)O)c1. The Kier molecular flexibility index (Phi) is 5.85. The fourth-order valence-electron chi connectivity index (χ4n) is 1.37. The number of ether oxygens (including phenoxy) is 1. The van der Waals surface area contributed by atoms with E-state index >= 15 is 0 Å². The number of carboxylic acids is 1. The highest BCUT2D eigenvalue weighted by Gasteiger charge is 2.06. The molecule has 0 aliphatic carbocycles. The van der Waals surface area contributed by atoms with Gasteiger partial charge in [0.2, 0.25) is 5.91 Å². The maximum atomic E-state index is 11.5. The Hall–Kier alpha value is -2.04. The summed E-state index contributed by atoms with van der Waals surface area (Å²) in [5, 5.41) is 11.1. The second-order valence-electron chi connectivity index (χ2n) is 4.67. The van der Waals surface area contributed by atoms with Gasteiger partial charge in [0.05, 0.1) is 13.0 Å². The maximum absolute atomic E-state index is 11.5. The van der Waals surface area contributed by atoms with E-state index < -0.39 is 5.97 Å². The minimum atomic E-state index is -0.982. The van der Waals surface area contributed by atoms with Crippen LogP contribution in [0.5, 0.6) is 5.75 Å². The second kappa shape index (κ2) is 7.41. The van der Waals surface area contributed by atoms with Crippen LogP contribution in [0, 0.1) is 5.92 Å². The number of hydrogen-bond donors (Lipinski definition) is 2. The van der Waals surface area contributed by atoms with Crippen molar-refractivity contribution in [2.24, 2.45) is 5.92 Å². The van der Waals surface area contributed by atoms with E-state index in [9.17, 15) is 9.59 Å². The molecule has 0 fully saturated rings. The van der Waals surface area contributed by atoms with Crippen LogP contribution in [-0.2, 0) is 9.59 Å². The van der Waals surface area contributed by atoms with Crippen LogP contribution in [0.3, 0.4) is 0 Å². The number of aliphatic carboxylic acids is 1. The Balaban J connectivity index is 2.51. The van der Waals surface area contributed by atoms with E-state index in [-0.39, 0.29) is 18.7 Å². The average molecular weight is 265 g/mol. The highest BCUT2D eigenvalue weighted by atomic mass is 16.5. The third-order valence-electron chi connectivity index (χ3n) is 2.27. The fraction of sp³-hybridized carbons (Fsp3) is 0.429. The molecule has 0 atom stereocenters. The van der Waals surface area contributed by atoms with E-state index in [2.05, 4.69) is 19.2 Å². The average Bonchev–Trinajstić information content (AvgIpc) is 2.34. The Morgan fingerprint density at radius 2 is 2.05 bits per heavy atom. The molecule has 104 valence electrons. The Morgan fingerprint density at radius 1 is 1.32 bits per heavy atom. The van der Waals surface area contributed by atoms with Crippen LogP contribution in [-0.4, -0.2) is 23.6 Å². The van der Waals surface area contributed by atoms with Crippen molar-refractivity contribution in [3.8, 4) is 5.75 Å². The number of amides is 1. The third-order valence-corrected chi connectivity index (χ3v) is 2.27. The molecule has 2 N–H and O–H groups in total. The van der Waals surface area contributed by atoms with Crippen LogP contribution < -0.4 is 10.1 Å². The van der Waals surface area contributed by atoms with E-state index in [0.29, 0.717) is 24.0 Å². The molecule has 1 rings (SSSR count). The molecular formula is C14H19NO4. The van der Waals surface area contributed by atoms with Gasteiger partial charge in [0, 0.05) is 18.2 Å². The first-order valence-corrected chi connectivity index (χ1v) is 6.22. The Bertz CT molecular complexity index is 443. The standard InChI is InChI=1S/C14H19NO4/c1-10(2)9-19-12-5-3-4-11(8-12)15-13(16)6-7-14(17)18/h3-5,8,10H,6-7,9H2,1-2H3,(H,15,16)(H,17,18). The Morgan fingerprint density at radius 3 is 2.68 bits per heavy atom. The summed E-state index contributed by atoms with van der Waals surface area (Å²) < 4.78 is 5.54. The minimum Gasteiger partial charge on any atom is -0.493 e. The van der Waals surface area contributed by atoms with Crippen LogP contribution >= 0.6 is 0 Å². The molecule has 5 heteroatoms. The summed E-state index contributed by atoms with van der Waals surface area (Å²) in [5.41, 5.74) is 0.608. The summed E-state index contributed by atoms with van der Waals surface area (Å²) in [4.78, 5) is 21.8. The molecule has 0 unspecified atom stereocenters. The van der Waals surface area contributed by atoms with Gasteiger partial charge in [-0.1, -0.05) is 19.9 Å². The lowest BCUT2D eigenvalue weighted by Crippen LogP contribution is -2.13. The van der Waals surface area contributed by atoms with E-state index in [1.165, 1.54) is 0 Å². The largest absolute Gasteiger partial charge is 0.493 e. The van der Waals surface area contributed by atoms with Crippen LogP contribution in [0.4, 0.5) is 5.69 Å². The van der Waals surface area contributed by atoms with Crippen molar-refractivity contribution in [2.75, 3.05) is 11.9 Å². The molecule has 0 aliphatic heterocycles. The van der Waals surface area contributed by atoms with Gasteiger partial charge in [-0.05, 0) is 18.1 Å². The zero-order valence-corrected chi connectivity index (χ0v) is 11.2. The van der Waals surface area contributed by atoms with Crippen molar-refractivity contribution in [2.45, 2.75) is 26.7 Å². The molecule has 19 heavy (non-hydrogen) atoms. The van der Waals surface area contributed by atoms with Crippen molar-refractivity contribution >= 4 is 17.6 Å². The molecule has 0 aliphatic rings. The topological polar surface area (TPSA) is 75.6 Å². The number of carbonyl (C=O) groups is 2. The molecule has 0 radical (unpaired) electrons. The summed E-state index contributed by atoms with van der Waals surface area (Å²) in [6, 6.07) is 7.06. The molecule has 0 aromatic heterocycles. The predicted octanol–water partition coefficient (Wildman–Crippen LogP) is 2.52. The molecular weight excluding hydrogens is 246 g/mol. The summed E-state index contributed by atoms with van der Waals surface area (Å²) in [6.45, 7) is 4.71. The highest BCUT2D eigenvalue weighted by Crippen LogP contribution is 2.18. The lowest BCUT2D eigenvalue weighted by molar-refractivity contribution is -0.138. The highest BCUT2D eigenvalue weighted by molar-refractivity contribution is 5.92. The second-order valence-corrected chi connectivity index (χ2v) is 4.67. The van der Waals surface area contributed by atoms with Crippen LogP contribution in [0.1, 0.15) is 26.7 Å². The summed E-state index contributed by atoms with van der Waals surface area (Å²) in [5.74, 6) is -0.189. The number of rotatable bonds is 7. The van der Waals surface area contributed by atoms with E-state index in [1.54, 1.807) is 18.2 Å². The molecule has 0 saturated heterocycles. The molecule has 1 amide bonds. The van der Waals surface area contributed by atoms with E-state index in [1.807, 2.05) is 6.07 Å². The van der Waals surface area contributed by atoms with Gasteiger partial charge in [0.15, 0.2) is 0 Å². The van der Waals surface area contributed by atoms with Crippen molar-refractivity contribution in [3.63, 3.8) is 0 Å². The van der Waals surface area contributed by atoms with Crippen molar-refractivity contribution < 1.29 is 19.4 Å². The molecule has 0 heterocycles. The van der Waals surface area contributed by atoms with Gasteiger partial charge in [-0.25, -0.2) is 0 Å². The monoisotopic (exact) mass is 265 g/mol. The van der Waals surface area contributed by atoms with Crippen LogP contribution in [0.25, 0.3) is 0 Å². The number of carbonyl (C=O) groups excluding carboxylic acids is 1. The van der Waals surface area contributed by atoms with Crippen molar-refractivity contribution in [1.82, 2.24) is 0 Å². The zero-order chi connectivity index (χ0) is 14.3. The quantitative estimate of drug-likeness (QED) is 0.794. The lowest BCUT2D eigenvalue weighted by Gasteiger charge is -2.10. The molecule has 1 aromatic rings. The molecule has 1 aromatic carbocycles. The predicted molar refractivity (Wildman–Crippen MR) is 72.3 cm³/mol. The van der Waals surface area contributed by atoms with Crippen molar-refractivity contribution in [3.05, 3.63) is 24.3 Å². The normalized spacial score (nSPS) is 10.3. The first-order chi connectivity index (χ1) is 8.97. The lowest BCUT2D eigenvalue weighted by atomic mass is 10.2. The van der Waals surface area contributed by atoms with Crippen LogP contribution in [0.15, 0.2) is 24.3 Å². The number of benzene rings is 1. The summed E-state index contributed by atoms with van der Waals surface area (Å²) in [6.07, 6.45) is -0.207. The molecule has 0 saturated carbocycles. The number of anilines is 1. The van der Waals surface area contributed by atoms with E-state index in [4.69, 9.17) is 9.84 Å². The van der Waals surface area contributed by atoms with Crippen LogP contribution in [0.2, 0.25) is 0 Å². The molecule has 5 nitrogen and oxygen atoms in total. The first-order valence-electron chi connectivity index (χ1n) is 6.22. The Labute approximate surface area is 112 Å². The number of carboxylic acid groups (broad SMARTS) is 1. The van der Waals surface area contributed by atoms with E-state index in [0.717, 1.165) is 0 Å². The smallest absolute Gasteiger partial charge is 0.303 e. The molecule has 0 spiro atoms.